The van der Waals surface area contributed by atoms with Gasteiger partial charge in [-0.2, -0.15) is 4.98 Å². The number of ether oxygens (including phenoxy) is 1. The minimum Gasteiger partial charge on any atom is -0.393 e. The number of aliphatic hydroxyl groups is 1. The Morgan fingerprint density at radius 1 is 1.24 bits per heavy atom. The zero-order valence-corrected chi connectivity index (χ0v) is 13.5. The molecule has 0 aliphatic heterocycles. The van der Waals surface area contributed by atoms with Crippen molar-refractivity contribution in [2.24, 2.45) is 5.92 Å². The molecule has 1 atom stereocenters. The largest absolute Gasteiger partial charge is 0.393 e. The van der Waals surface area contributed by atoms with Crippen LogP contribution in [0.5, 0.6) is 0 Å². The highest BCUT2D eigenvalue weighted by Crippen LogP contribution is 2.37. The van der Waals surface area contributed by atoms with Gasteiger partial charge in [0, 0.05) is 7.11 Å². The van der Waals surface area contributed by atoms with Gasteiger partial charge < -0.3 is 14.4 Å². The lowest BCUT2D eigenvalue weighted by molar-refractivity contribution is -0.0365. The molecule has 0 aromatic carbocycles. The van der Waals surface area contributed by atoms with Crippen LogP contribution < -0.4 is 0 Å². The average molecular weight is 296 g/mol. The van der Waals surface area contributed by atoms with Gasteiger partial charge in [0.25, 0.3) is 0 Å². The van der Waals surface area contributed by atoms with Crippen LogP contribution >= 0.6 is 0 Å². The van der Waals surface area contributed by atoms with E-state index >= 15 is 0 Å². The highest BCUT2D eigenvalue weighted by atomic mass is 16.5. The normalized spacial score (nSPS) is 20.4. The van der Waals surface area contributed by atoms with Crippen LogP contribution in [0.15, 0.2) is 4.52 Å². The molecule has 1 heterocycles. The van der Waals surface area contributed by atoms with E-state index in [1.54, 1.807) is 7.11 Å². The van der Waals surface area contributed by atoms with Crippen molar-refractivity contribution in [3.8, 4) is 0 Å². The molecule has 1 fully saturated rings. The maximum absolute atomic E-state index is 10.00. The molecule has 1 aromatic rings. The van der Waals surface area contributed by atoms with Crippen molar-refractivity contribution < 1.29 is 14.4 Å². The van der Waals surface area contributed by atoms with Crippen molar-refractivity contribution in [3.05, 3.63) is 11.7 Å². The van der Waals surface area contributed by atoms with E-state index in [9.17, 15) is 5.11 Å². The average Bonchev–Trinajstić information content (AvgIpc) is 2.75. The summed E-state index contributed by atoms with van der Waals surface area (Å²) in [4.78, 5) is 4.50. The number of nitrogens with zero attached hydrogens (tertiary/aromatic N) is 2. The first kappa shape index (κ1) is 16.4. The summed E-state index contributed by atoms with van der Waals surface area (Å²) in [6, 6.07) is 0. The van der Waals surface area contributed by atoms with Crippen LogP contribution in [-0.2, 0) is 16.8 Å². The Labute approximate surface area is 127 Å². The Morgan fingerprint density at radius 3 is 2.48 bits per heavy atom. The second kappa shape index (κ2) is 7.36. The quantitative estimate of drug-likeness (QED) is 0.816. The van der Waals surface area contributed by atoms with Crippen LogP contribution in [0.3, 0.4) is 0 Å². The molecule has 1 aliphatic rings. The predicted octanol–water partition coefficient (Wildman–Crippen LogP) is 3.22. The monoisotopic (exact) mass is 296 g/mol. The summed E-state index contributed by atoms with van der Waals surface area (Å²) in [7, 11) is 1.73. The Kier molecular flexibility index (Phi) is 5.76. The fourth-order valence-corrected chi connectivity index (χ4v) is 3.17. The van der Waals surface area contributed by atoms with E-state index in [-0.39, 0.29) is 0 Å². The second-order valence-corrected chi connectivity index (χ2v) is 6.61. The maximum atomic E-state index is 10.00. The fourth-order valence-electron chi connectivity index (χ4n) is 3.17. The highest BCUT2D eigenvalue weighted by Gasteiger charge is 2.37. The van der Waals surface area contributed by atoms with E-state index in [4.69, 9.17) is 9.26 Å². The lowest BCUT2D eigenvalue weighted by Gasteiger charge is -2.27. The first-order valence-electron chi connectivity index (χ1n) is 8.12. The molecule has 120 valence electrons. The van der Waals surface area contributed by atoms with E-state index in [0.717, 1.165) is 32.1 Å². The first-order chi connectivity index (χ1) is 10.1. The summed E-state index contributed by atoms with van der Waals surface area (Å²) >= 11 is 0. The highest BCUT2D eigenvalue weighted by molar-refractivity contribution is 5.03. The third-order valence-electron chi connectivity index (χ3n) is 4.33. The van der Waals surface area contributed by atoms with Gasteiger partial charge in [0.15, 0.2) is 0 Å². The van der Waals surface area contributed by atoms with Crippen molar-refractivity contribution in [3.63, 3.8) is 0 Å². The maximum Gasteiger partial charge on any atom is 0.229 e. The molecule has 0 spiro atoms. The molecule has 0 bridgehead atoms. The molecular weight excluding hydrogens is 268 g/mol. The third kappa shape index (κ3) is 4.27. The molecule has 0 saturated heterocycles. The van der Waals surface area contributed by atoms with Crippen molar-refractivity contribution in [2.75, 3.05) is 7.11 Å². The fraction of sp³-hybridized carbons (Fsp3) is 0.875. The molecule has 2 rings (SSSR count). The molecule has 1 N–H and O–H groups in total. The molecule has 5 nitrogen and oxygen atoms in total. The van der Waals surface area contributed by atoms with Crippen LogP contribution in [0.2, 0.25) is 0 Å². The summed E-state index contributed by atoms with van der Waals surface area (Å²) < 4.78 is 11.1. The number of hydrogen-bond donors (Lipinski definition) is 1. The van der Waals surface area contributed by atoms with Gasteiger partial charge in [0.05, 0.1) is 12.5 Å². The SMILES string of the molecule is COC1(c2noc(CC(O)CC(C)C)n2)CCCCCC1. The van der Waals surface area contributed by atoms with E-state index in [0.29, 0.717) is 24.1 Å². The third-order valence-corrected chi connectivity index (χ3v) is 4.33. The molecule has 0 radical (unpaired) electrons. The molecule has 1 unspecified atom stereocenters. The Bertz CT molecular complexity index is 423. The van der Waals surface area contributed by atoms with Gasteiger partial charge in [0.2, 0.25) is 11.7 Å². The van der Waals surface area contributed by atoms with Gasteiger partial charge in [-0.3, -0.25) is 0 Å². The summed E-state index contributed by atoms with van der Waals surface area (Å²) in [6.07, 6.45) is 7.37. The predicted molar refractivity (Wildman–Crippen MR) is 79.9 cm³/mol. The first-order valence-corrected chi connectivity index (χ1v) is 8.12. The van der Waals surface area contributed by atoms with Crippen LogP contribution in [0, 0.1) is 5.92 Å². The molecule has 5 heteroatoms. The lowest BCUT2D eigenvalue weighted by Crippen LogP contribution is -2.29. The van der Waals surface area contributed by atoms with E-state index in [1.165, 1.54) is 12.8 Å². The number of methoxy groups -OCH3 is 1. The molecule has 1 saturated carbocycles. The van der Waals surface area contributed by atoms with Crippen molar-refractivity contribution in [1.29, 1.82) is 0 Å². The number of rotatable bonds is 6. The molecule has 1 aromatic heterocycles. The topological polar surface area (TPSA) is 68.4 Å². The van der Waals surface area contributed by atoms with Gasteiger partial charge in [-0.15, -0.1) is 0 Å². The Balaban J connectivity index is 2.06. The van der Waals surface area contributed by atoms with Crippen LogP contribution in [-0.4, -0.2) is 28.5 Å². The van der Waals surface area contributed by atoms with Gasteiger partial charge in [-0.25, -0.2) is 0 Å². The van der Waals surface area contributed by atoms with Crippen LogP contribution in [0.4, 0.5) is 0 Å². The number of aromatic nitrogens is 2. The zero-order chi connectivity index (χ0) is 15.3. The van der Waals surface area contributed by atoms with Gasteiger partial charge in [-0.1, -0.05) is 44.7 Å². The molecular formula is C16H28N2O3. The standard InChI is InChI=1S/C16H28N2O3/c1-12(2)10-13(19)11-14-17-15(18-21-14)16(20-3)8-6-4-5-7-9-16/h12-13,19H,4-11H2,1-3H3. The molecule has 0 amide bonds. The number of aliphatic hydroxyl groups excluding tert-OH is 1. The smallest absolute Gasteiger partial charge is 0.229 e. The second-order valence-electron chi connectivity index (χ2n) is 6.61. The van der Waals surface area contributed by atoms with Gasteiger partial charge >= 0.3 is 0 Å². The zero-order valence-electron chi connectivity index (χ0n) is 13.5. The van der Waals surface area contributed by atoms with Crippen molar-refractivity contribution in [1.82, 2.24) is 10.1 Å². The van der Waals surface area contributed by atoms with E-state index < -0.39 is 11.7 Å². The minimum absolute atomic E-state index is 0.402. The van der Waals surface area contributed by atoms with Gasteiger partial charge in [0.1, 0.15) is 5.60 Å². The Hall–Kier alpha value is -0.940. The van der Waals surface area contributed by atoms with Gasteiger partial charge in [-0.05, 0) is 25.2 Å². The summed E-state index contributed by atoms with van der Waals surface area (Å²) in [5.74, 6) is 1.62. The summed E-state index contributed by atoms with van der Waals surface area (Å²) in [5, 5.41) is 14.1. The minimum atomic E-state index is -0.425. The molecule has 1 aliphatic carbocycles. The summed E-state index contributed by atoms with van der Waals surface area (Å²) in [6.45, 7) is 4.18. The lowest BCUT2D eigenvalue weighted by atomic mass is 9.93. The van der Waals surface area contributed by atoms with Crippen molar-refractivity contribution in [2.45, 2.75) is 76.9 Å². The van der Waals surface area contributed by atoms with Crippen LogP contribution in [0.25, 0.3) is 0 Å². The van der Waals surface area contributed by atoms with Crippen LogP contribution in [0.1, 0.15) is 70.5 Å². The summed E-state index contributed by atoms with van der Waals surface area (Å²) in [5.41, 5.74) is -0.402. The Morgan fingerprint density at radius 2 is 1.90 bits per heavy atom. The van der Waals surface area contributed by atoms with E-state index in [2.05, 4.69) is 24.0 Å². The van der Waals surface area contributed by atoms with Crippen molar-refractivity contribution >= 4 is 0 Å². The number of hydrogen-bond acceptors (Lipinski definition) is 5. The van der Waals surface area contributed by atoms with E-state index in [1.807, 2.05) is 0 Å². The molecule has 21 heavy (non-hydrogen) atoms.